The molecule has 5 rings (SSSR count). The molecule has 8 heteroatoms. The van der Waals surface area contributed by atoms with Crippen LogP contribution in [0.4, 0.5) is 0 Å². The molecule has 0 aromatic heterocycles. The van der Waals surface area contributed by atoms with Gasteiger partial charge in [0.25, 0.3) is 11.8 Å². The fourth-order valence-corrected chi connectivity index (χ4v) is 4.92. The maximum Gasteiger partial charge on any atom is 0.262 e. The van der Waals surface area contributed by atoms with Crippen molar-refractivity contribution in [3.05, 3.63) is 120 Å². The van der Waals surface area contributed by atoms with E-state index >= 15 is 0 Å². The Kier molecular flexibility index (Phi) is 8.61. The van der Waals surface area contributed by atoms with Gasteiger partial charge in [-0.15, -0.1) is 6.58 Å². The van der Waals surface area contributed by atoms with Crippen LogP contribution >= 0.6 is 0 Å². The molecule has 2 heterocycles. The van der Waals surface area contributed by atoms with E-state index in [1.165, 1.54) is 0 Å². The largest absolute Gasteiger partial charge is 0.388 e. The van der Waals surface area contributed by atoms with Gasteiger partial charge in [0.15, 0.2) is 6.29 Å². The van der Waals surface area contributed by atoms with Crippen LogP contribution in [-0.2, 0) is 32.2 Å². The summed E-state index contributed by atoms with van der Waals surface area (Å²) in [6, 6.07) is 24.7. The molecule has 0 radical (unpaired) electrons. The minimum absolute atomic E-state index is 0.0457. The van der Waals surface area contributed by atoms with Gasteiger partial charge in [-0.25, -0.2) is 0 Å². The molecule has 2 aliphatic heterocycles. The number of ether oxygens (including phenoxy) is 4. The van der Waals surface area contributed by atoms with E-state index in [1.807, 2.05) is 60.7 Å². The second-order valence-electron chi connectivity index (χ2n) is 9.43. The maximum atomic E-state index is 13.5. The third-order valence-corrected chi connectivity index (χ3v) is 6.82. The molecule has 0 bridgehead atoms. The molecule has 8 nitrogen and oxygen atoms in total. The molecule has 0 unspecified atom stereocenters. The first-order chi connectivity index (χ1) is 19.1. The summed E-state index contributed by atoms with van der Waals surface area (Å²) >= 11 is 0. The molecule has 1 N–H and O–H groups in total. The topological polar surface area (TPSA) is 94.5 Å². The number of benzene rings is 3. The summed E-state index contributed by atoms with van der Waals surface area (Å²) in [5, 5.41) is 11.5. The molecule has 3 aromatic carbocycles. The second-order valence-corrected chi connectivity index (χ2v) is 9.43. The summed E-state index contributed by atoms with van der Waals surface area (Å²) in [7, 11) is 0. The molecule has 202 valence electrons. The smallest absolute Gasteiger partial charge is 0.262 e. The molecule has 0 saturated carbocycles. The Morgan fingerprint density at radius 2 is 1.38 bits per heavy atom. The van der Waals surface area contributed by atoms with E-state index in [-0.39, 0.29) is 30.9 Å². The number of nitrogens with zero attached hydrogens (tertiary/aromatic N) is 1. The van der Waals surface area contributed by atoms with E-state index in [9.17, 15) is 14.7 Å². The SMILES string of the molecule is C=CCO[C@@H]1O[C@H](COCc2ccccc2)[C@@H](O)[C@@H](OCc2ccccc2)[C@H]1N1C(=O)c2ccccc2C1=O. The number of aliphatic hydroxyl groups excluding tert-OH is 1. The van der Waals surface area contributed by atoms with E-state index < -0.39 is 42.5 Å². The molecule has 39 heavy (non-hydrogen) atoms. The number of hydrogen-bond donors (Lipinski definition) is 1. The summed E-state index contributed by atoms with van der Waals surface area (Å²) in [4.78, 5) is 28.0. The number of fused-ring (bicyclic) bond motifs is 1. The molecule has 3 aromatic rings. The van der Waals surface area contributed by atoms with Gasteiger partial charge < -0.3 is 24.1 Å². The highest BCUT2D eigenvalue weighted by Crippen LogP contribution is 2.34. The first-order valence-corrected chi connectivity index (χ1v) is 12.9. The lowest BCUT2D eigenvalue weighted by molar-refractivity contribution is -0.287. The van der Waals surface area contributed by atoms with Gasteiger partial charge in [0.05, 0.1) is 37.6 Å². The Labute approximate surface area is 227 Å². The van der Waals surface area contributed by atoms with Crippen LogP contribution in [0.1, 0.15) is 31.8 Å². The lowest BCUT2D eigenvalue weighted by Gasteiger charge is -2.46. The van der Waals surface area contributed by atoms with E-state index in [0.29, 0.717) is 6.61 Å². The molecule has 0 spiro atoms. The Hall–Kier alpha value is -3.66. The first-order valence-electron chi connectivity index (χ1n) is 12.9. The van der Waals surface area contributed by atoms with Crippen LogP contribution in [0.15, 0.2) is 97.6 Å². The van der Waals surface area contributed by atoms with Crippen molar-refractivity contribution in [1.29, 1.82) is 0 Å². The fraction of sp³-hybridized carbons (Fsp3) is 0.290. The minimum atomic E-state index is -1.22. The van der Waals surface area contributed by atoms with Crippen molar-refractivity contribution in [2.24, 2.45) is 0 Å². The molecular weight excluding hydrogens is 498 g/mol. The van der Waals surface area contributed by atoms with Gasteiger partial charge in [-0.2, -0.15) is 0 Å². The summed E-state index contributed by atoms with van der Waals surface area (Å²) in [5.41, 5.74) is 2.42. The van der Waals surface area contributed by atoms with Gasteiger partial charge in [0, 0.05) is 0 Å². The van der Waals surface area contributed by atoms with Crippen molar-refractivity contribution in [2.45, 2.75) is 43.9 Å². The van der Waals surface area contributed by atoms with Gasteiger partial charge in [0.2, 0.25) is 0 Å². The molecule has 2 amide bonds. The zero-order valence-electron chi connectivity index (χ0n) is 21.4. The van der Waals surface area contributed by atoms with Crippen LogP contribution in [0.2, 0.25) is 0 Å². The average molecular weight is 530 g/mol. The number of hydrogen-bond acceptors (Lipinski definition) is 7. The van der Waals surface area contributed by atoms with Crippen molar-refractivity contribution in [3.63, 3.8) is 0 Å². The highest BCUT2D eigenvalue weighted by Gasteiger charge is 2.54. The van der Waals surface area contributed by atoms with Crippen molar-refractivity contribution >= 4 is 11.8 Å². The van der Waals surface area contributed by atoms with Crippen LogP contribution in [0.3, 0.4) is 0 Å². The van der Waals surface area contributed by atoms with Gasteiger partial charge in [0.1, 0.15) is 24.4 Å². The van der Waals surface area contributed by atoms with E-state index in [2.05, 4.69) is 6.58 Å². The number of aliphatic hydroxyl groups is 1. The Morgan fingerprint density at radius 1 is 0.821 bits per heavy atom. The predicted molar refractivity (Wildman–Crippen MR) is 143 cm³/mol. The molecular formula is C31H31NO7. The number of carbonyl (C=O) groups is 2. The molecule has 0 aliphatic carbocycles. The number of rotatable bonds is 11. The van der Waals surface area contributed by atoms with Crippen molar-refractivity contribution in [2.75, 3.05) is 13.2 Å². The third kappa shape index (κ3) is 5.85. The van der Waals surface area contributed by atoms with Gasteiger partial charge in [-0.1, -0.05) is 78.9 Å². The highest BCUT2D eigenvalue weighted by atomic mass is 16.7. The lowest BCUT2D eigenvalue weighted by atomic mass is 9.95. The lowest BCUT2D eigenvalue weighted by Crippen LogP contribution is -2.66. The summed E-state index contributed by atoms with van der Waals surface area (Å²) in [5.74, 6) is -0.980. The Bertz CT molecular complexity index is 1250. The average Bonchev–Trinajstić information content (AvgIpc) is 3.22. The molecule has 5 atom stereocenters. The van der Waals surface area contributed by atoms with E-state index in [0.717, 1.165) is 16.0 Å². The maximum absolute atomic E-state index is 13.5. The molecule has 2 aliphatic rings. The van der Waals surface area contributed by atoms with Gasteiger partial charge in [-0.05, 0) is 23.3 Å². The van der Waals surface area contributed by atoms with Crippen molar-refractivity contribution in [3.8, 4) is 0 Å². The van der Waals surface area contributed by atoms with E-state index in [1.54, 1.807) is 30.3 Å². The Morgan fingerprint density at radius 3 is 1.97 bits per heavy atom. The number of imide groups is 1. The second kappa shape index (κ2) is 12.5. The minimum Gasteiger partial charge on any atom is -0.388 e. The standard InChI is InChI=1S/C31H31NO7/c1-2-17-37-31-26(32-29(34)23-15-9-10-16-24(23)30(32)35)28(38-19-22-13-7-4-8-14-22)27(33)25(39-31)20-36-18-21-11-5-3-6-12-21/h2-16,25-28,31,33H,1,17-20H2/t25-,26-,27-,28+,31-/m1/s1. The number of carbonyl (C=O) groups excluding carboxylic acids is 2. The van der Waals surface area contributed by atoms with Crippen LogP contribution in [-0.4, -0.2) is 65.7 Å². The van der Waals surface area contributed by atoms with Crippen molar-refractivity contribution < 1.29 is 33.6 Å². The predicted octanol–water partition coefficient (Wildman–Crippen LogP) is 3.74. The van der Waals surface area contributed by atoms with Crippen LogP contribution in [0.5, 0.6) is 0 Å². The quantitative estimate of drug-likeness (QED) is 0.299. The normalized spacial score (nSPS) is 24.5. The Balaban J connectivity index is 1.43. The van der Waals surface area contributed by atoms with E-state index in [4.69, 9.17) is 18.9 Å². The third-order valence-electron chi connectivity index (χ3n) is 6.82. The fourth-order valence-electron chi connectivity index (χ4n) is 4.92. The van der Waals surface area contributed by atoms with Gasteiger partial charge >= 0.3 is 0 Å². The summed E-state index contributed by atoms with van der Waals surface area (Å²) < 4.78 is 24.3. The number of amides is 2. The highest BCUT2D eigenvalue weighted by molar-refractivity contribution is 6.21. The van der Waals surface area contributed by atoms with Crippen molar-refractivity contribution in [1.82, 2.24) is 4.90 Å². The summed E-state index contributed by atoms with van der Waals surface area (Å²) in [6.45, 7) is 4.32. The molecule has 1 saturated heterocycles. The zero-order valence-corrected chi connectivity index (χ0v) is 21.4. The zero-order chi connectivity index (χ0) is 27.2. The van der Waals surface area contributed by atoms with Crippen LogP contribution in [0.25, 0.3) is 0 Å². The molecule has 1 fully saturated rings. The van der Waals surface area contributed by atoms with Gasteiger partial charge in [-0.3, -0.25) is 14.5 Å². The summed E-state index contributed by atoms with van der Waals surface area (Å²) in [6.07, 6.45) is -2.60. The van der Waals surface area contributed by atoms with Crippen LogP contribution < -0.4 is 0 Å². The first kappa shape index (κ1) is 26.9. The van der Waals surface area contributed by atoms with Crippen LogP contribution in [0, 0.1) is 0 Å². The monoisotopic (exact) mass is 529 g/mol.